The van der Waals surface area contributed by atoms with Crippen LogP contribution in [0.3, 0.4) is 0 Å². The van der Waals surface area contributed by atoms with Crippen LogP contribution in [0.4, 0.5) is 4.39 Å². The minimum absolute atomic E-state index is 0.240. The van der Waals surface area contributed by atoms with Gasteiger partial charge in [0.15, 0.2) is 5.82 Å². The summed E-state index contributed by atoms with van der Waals surface area (Å²) in [5, 5.41) is 16.7. The first-order valence-electron chi connectivity index (χ1n) is 7.54. The zero-order chi connectivity index (χ0) is 15.5. The SMILES string of the molecule is CCc1nc2n(n1)CC(NCc1cc(C#N)ccc1F)CC2. The molecule has 0 saturated carbocycles. The van der Waals surface area contributed by atoms with Crippen molar-refractivity contribution in [3.05, 3.63) is 46.8 Å². The number of hydrogen-bond donors (Lipinski definition) is 1. The highest BCUT2D eigenvalue weighted by atomic mass is 19.1. The molecule has 0 fully saturated rings. The van der Waals surface area contributed by atoms with Crippen molar-refractivity contribution in [3.63, 3.8) is 0 Å². The van der Waals surface area contributed by atoms with E-state index in [9.17, 15) is 4.39 Å². The van der Waals surface area contributed by atoms with E-state index in [1.165, 1.54) is 12.1 Å². The molecule has 0 radical (unpaired) electrons. The molecule has 1 aliphatic rings. The Kier molecular flexibility index (Phi) is 4.16. The predicted octanol–water partition coefficient (Wildman–Crippen LogP) is 1.96. The first-order valence-corrected chi connectivity index (χ1v) is 7.54. The summed E-state index contributed by atoms with van der Waals surface area (Å²) in [7, 11) is 0. The predicted molar refractivity (Wildman–Crippen MR) is 79.5 cm³/mol. The van der Waals surface area contributed by atoms with Crippen molar-refractivity contribution in [1.29, 1.82) is 5.26 Å². The van der Waals surface area contributed by atoms with Crippen LogP contribution in [0.2, 0.25) is 0 Å². The monoisotopic (exact) mass is 299 g/mol. The third-order valence-corrected chi connectivity index (χ3v) is 3.97. The Bertz CT molecular complexity index is 716. The van der Waals surface area contributed by atoms with Crippen LogP contribution in [0.5, 0.6) is 0 Å². The summed E-state index contributed by atoms with van der Waals surface area (Å²) in [5.74, 6) is 1.63. The van der Waals surface area contributed by atoms with Crippen LogP contribution < -0.4 is 5.32 Å². The van der Waals surface area contributed by atoms with E-state index in [0.717, 1.165) is 37.5 Å². The van der Waals surface area contributed by atoms with Crippen LogP contribution in [0, 0.1) is 17.1 Å². The maximum atomic E-state index is 13.8. The molecule has 0 amide bonds. The Morgan fingerprint density at radius 1 is 1.50 bits per heavy atom. The largest absolute Gasteiger partial charge is 0.308 e. The average molecular weight is 299 g/mol. The van der Waals surface area contributed by atoms with Gasteiger partial charge in [0.1, 0.15) is 11.6 Å². The first kappa shape index (κ1) is 14.7. The van der Waals surface area contributed by atoms with Crippen LogP contribution in [0.15, 0.2) is 18.2 Å². The van der Waals surface area contributed by atoms with Gasteiger partial charge in [-0.05, 0) is 24.6 Å². The molecule has 6 heteroatoms. The van der Waals surface area contributed by atoms with Crippen LogP contribution in [0.25, 0.3) is 0 Å². The van der Waals surface area contributed by atoms with E-state index < -0.39 is 0 Å². The number of benzene rings is 1. The number of rotatable bonds is 4. The highest BCUT2D eigenvalue weighted by Gasteiger charge is 2.21. The minimum atomic E-state index is -0.281. The molecular weight excluding hydrogens is 281 g/mol. The molecule has 1 aliphatic heterocycles. The summed E-state index contributed by atoms with van der Waals surface area (Å²) in [6.07, 6.45) is 2.68. The Morgan fingerprint density at radius 3 is 3.14 bits per heavy atom. The zero-order valence-corrected chi connectivity index (χ0v) is 12.5. The van der Waals surface area contributed by atoms with E-state index in [1.54, 1.807) is 6.07 Å². The van der Waals surface area contributed by atoms with Gasteiger partial charge in [-0.1, -0.05) is 6.92 Å². The molecule has 1 unspecified atom stereocenters. The van der Waals surface area contributed by atoms with Gasteiger partial charge >= 0.3 is 0 Å². The fourth-order valence-corrected chi connectivity index (χ4v) is 2.71. The lowest BCUT2D eigenvalue weighted by molar-refractivity contribution is 0.355. The lowest BCUT2D eigenvalue weighted by Gasteiger charge is -2.23. The first-order chi connectivity index (χ1) is 10.7. The molecule has 1 atom stereocenters. The second-order valence-electron chi connectivity index (χ2n) is 5.51. The van der Waals surface area contributed by atoms with Gasteiger partial charge in [-0.3, -0.25) is 0 Å². The number of halogens is 1. The molecular formula is C16H18FN5. The second-order valence-corrected chi connectivity index (χ2v) is 5.51. The summed E-state index contributed by atoms with van der Waals surface area (Å²) in [4.78, 5) is 4.49. The Balaban J connectivity index is 1.64. The van der Waals surface area contributed by atoms with Gasteiger partial charge in [0.25, 0.3) is 0 Å². The van der Waals surface area contributed by atoms with Gasteiger partial charge in [-0.2, -0.15) is 10.4 Å². The summed E-state index contributed by atoms with van der Waals surface area (Å²) in [6, 6.07) is 6.72. The fourth-order valence-electron chi connectivity index (χ4n) is 2.71. The Labute approximate surface area is 128 Å². The molecule has 1 aromatic heterocycles. The van der Waals surface area contributed by atoms with Crippen LogP contribution >= 0.6 is 0 Å². The molecule has 0 aliphatic carbocycles. The van der Waals surface area contributed by atoms with Gasteiger partial charge < -0.3 is 5.32 Å². The smallest absolute Gasteiger partial charge is 0.150 e. The summed E-state index contributed by atoms with van der Waals surface area (Å²) >= 11 is 0. The summed E-state index contributed by atoms with van der Waals surface area (Å²) < 4.78 is 15.7. The highest BCUT2D eigenvalue weighted by Crippen LogP contribution is 2.15. The Hall–Kier alpha value is -2.26. The number of aryl methyl sites for hydroxylation is 2. The zero-order valence-electron chi connectivity index (χ0n) is 12.5. The molecule has 3 rings (SSSR count). The van der Waals surface area contributed by atoms with E-state index in [2.05, 4.69) is 15.4 Å². The van der Waals surface area contributed by atoms with Crippen LogP contribution in [-0.4, -0.2) is 20.8 Å². The van der Waals surface area contributed by atoms with Gasteiger partial charge in [0.2, 0.25) is 0 Å². The average Bonchev–Trinajstić information content (AvgIpc) is 2.96. The molecule has 1 aromatic carbocycles. The van der Waals surface area contributed by atoms with Crippen molar-refractivity contribution in [1.82, 2.24) is 20.1 Å². The standard InChI is InChI=1S/C16H18FN5/c1-2-15-20-16-6-4-13(10-22(16)21-15)19-9-12-7-11(8-18)3-5-14(12)17/h3,5,7,13,19H,2,4,6,9-10H2,1H3. The topological polar surface area (TPSA) is 66.5 Å². The molecule has 5 nitrogen and oxygen atoms in total. The number of hydrogen-bond acceptors (Lipinski definition) is 4. The van der Waals surface area contributed by atoms with E-state index in [0.29, 0.717) is 17.7 Å². The maximum absolute atomic E-state index is 13.8. The van der Waals surface area contributed by atoms with Gasteiger partial charge in [0, 0.05) is 31.0 Å². The molecule has 0 saturated heterocycles. The quantitative estimate of drug-likeness (QED) is 0.937. The normalized spacial score (nSPS) is 17.0. The fraction of sp³-hybridized carbons (Fsp3) is 0.438. The molecule has 114 valence electrons. The molecule has 2 aromatic rings. The second kappa shape index (κ2) is 6.24. The molecule has 2 heterocycles. The maximum Gasteiger partial charge on any atom is 0.150 e. The van der Waals surface area contributed by atoms with Crippen LogP contribution in [-0.2, 0) is 25.9 Å². The van der Waals surface area contributed by atoms with Crippen LogP contribution in [0.1, 0.15) is 36.1 Å². The van der Waals surface area contributed by atoms with Crippen molar-refractivity contribution in [3.8, 4) is 6.07 Å². The lowest BCUT2D eigenvalue weighted by Crippen LogP contribution is -2.37. The molecule has 0 spiro atoms. The van der Waals surface area contributed by atoms with Gasteiger partial charge in [-0.25, -0.2) is 14.1 Å². The number of nitrogens with one attached hydrogen (secondary N) is 1. The minimum Gasteiger partial charge on any atom is -0.308 e. The molecule has 22 heavy (non-hydrogen) atoms. The van der Waals surface area contributed by atoms with Crippen molar-refractivity contribution in [2.45, 2.75) is 45.3 Å². The third-order valence-electron chi connectivity index (χ3n) is 3.97. The number of nitrogens with zero attached hydrogens (tertiary/aromatic N) is 4. The lowest BCUT2D eigenvalue weighted by atomic mass is 10.1. The van der Waals surface area contributed by atoms with E-state index in [1.807, 2.05) is 17.7 Å². The van der Waals surface area contributed by atoms with Crippen molar-refractivity contribution < 1.29 is 4.39 Å². The Morgan fingerprint density at radius 2 is 2.36 bits per heavy atom. The van der Waals surface area contributed by atoms with Crippen molar-refractivity contribution in [2.24, 2.45) is 0 Å². The van der Waals surface area contributed by atoms with Crippen molar-refractivity contribution in [2.75, 3.05) is 0 Å². The van der Waals surface area contributed by atoms with Crippen molar-refractivity contribution >= 4 is 0 Å². The number of aromatic nitrogens is 3. The molecule has 1 N–H and O–H groups in total. The number of nitriles is 1. The summed E-state index contributed by atoms with van der Waals surface area (Å²) in [6.45, 7) is 3.21. The summed E-state index contributed by atoms with van der Waals surface area (Å²) in [5.41, 5.74) is 1.01. The van der Waals surface area contributed by atoms with E-state index in [4.69, 9.17) is 5.26 Å². The van der Waals surface area contributed by atoms with Gasteiger partial charge in [0.05, 0.1) is 18.2 Å². The number of fused-ring (bicyclic) bond motifs is 1. The van der Waals surface area contributed by atoms with E-state index >= 15 is 0 Å². The highest BCUT2D eigenvalue weighted by molar-refractivity contribution is 5.33. The van der Waals surface area contributed by atoms with Gasteiger partial charge in [-0.15, -0.1) is 0 Å². The van der Waals surface area contributed by atoms with E-state index in [-0.39, 0.29) is 11.9 Å². The molecule has 0 bridgehead atoms. The third kappa shape index (κ3) is 3.00.